The first-order valence-electron chi connectivity index (χ1n) is 6.94. The van der Waals surface area contributed by atoms with Crippen molar-refractivity contribution in [1.82, 2.24) is 4.98 Å². The first-order chi connectivity index (χ1) is 10.2. The summed E-state index contributed by atoms with van der Waals surface area (Å²) in [6.07, 6.45) is 2.52. The van der Waals surface area contributed by atoms with E-state index >= 15 is 0 Å². The van der Waals surface area contributed by atoms with Crippen LogP contribution in [-0.4, -0.2) is 10.9 Å². The molecule has 1 amide bonds. The number of hydrogen-bond acceptors (Lipinski definition) is 1. The van der Waals surface area contributed by atoms with Crippen molar-refractivity contribution in [3.63, 3.8) is 0 Å². The monoisotopic (exact) mass is 296 g/mol. The van der Waals surface area contributed by atoms with Gasteiger partial charge in [-0.15, -0.1) is 0 Å². The van der Waals surface area contributed by atoms with Crippen molar-refractivity contribution >= 4 is 22.4 Å². The number of carbonyl (C=O) groups is 1. The molecule has 0 bridgehead atoms. The lowest BCUT2D eigenvalue weighted by Crippen LogP contribution is -2.06. The number of anilines is 1. The fourth-order valence-electron chi connectivity index (χ4n) is 3.12. The van der Waals surface area contributed by atoms with Crippen LogP contribution in [0, 0.1) is 5.82 Å². The lowest BCUT2D eigenvalue weighted by atomic mass is 9.92. The maximum absolute atomic E-state index is 14.3. The third-order valence-corrected chi connectivity index (χ3v) is 4.06. The van der Waals surface area contributed by atoms with Gasteiger partial charge < -0.3 is 10.3 Å². The highest BCUT2D eigenvalue weighted by Crippen LogP contribution is 2.41. The minimum absolute atomic E-state index is 0. The van der Waals surface area contributed by atoms with Crippen molar-refractivity contribution < 1.29 is 9.18 Å². The van der Waals surface area contributed by atoms with Gasteiger partial charge in [-0.05, 0) is 42.3 Å². The van der Waals surface area contributed by atoms with Crippen LogP contribution in [0.3, 0.4) is 0 Å². The Kier molecular flexibility index (Phi) is 3.24. The summed E-state index contributed by atoms with van der Waals surface area (Å²) in [6.45, 7) is 1.99. The van der Waals surface area contributed by atoms with Gasteiger partial charge >= 0.3 is 0 Å². The lowest BCUT2D eigenvalue weighted by molar-refractivity contribution is 0.103. The molecule has 3 aromatic rings. The number of nitrogens with one attached hydrogen (secondary N) is 2. The van der Waals surface area contributed by atoms with E-state index in [1.165, 1.54) is 6.07 Å². The zero-order chi connectivity index (χ0) is 14.6. The molecule has 1 aliphatic rings. The van der Waals surface area contributed by atoms with Crippen LogP contribution < -0.4 is 5.32 Å². The Morgan fingerprint density at radius 2 is 2.00 bits per heavy atom. The van der Waals surface area contributed by atoms with Crippen LogP contribution in [0.5, 0.6) is 0 Å². The molecular formula is C18H17FN2O. The van der Waals surface area contributed by atoms with Crippen molar-refractivity contribution in [2.24, 2.45) is 0 Å². The predicted octanol–water partition coefficient (Wildman–Crippen LogP) is 4.74. The van der Waals surface area contributed by atoms with E-state index in [1.54, 1.807) is 6.07 Å². The van der Waals surface area contributed by atoms with E-state index in [1.807, 2.05) is 31.3 Å². The predicted molar refractivity (Wildman–Crippen MR) is 87.8 cm³/mol. The molecular weight excluding hydrogens is 279 g/mol. The molecule has 3 nitrogen and oxygen atoms in total. The second kappa shape index (κ2) is 4.98. The van der Waals surface area contributed by atoms with Gasteiger partial charge in [0.1, 0.15) is 5.82 Å². The van der Waals surface area contributed by atoms with Crippen LogP contribution in [0.15, 0.2) is 36.5 Å². The van der Waals surface area contributed by atoms with Gasteiger partial charge in [0, 0.05) is 33.9 Å². The average molecular weight is 296 g/mol. The molecule has 0 aliphatic carbocycles. The molecule has 1 aliphatic heterocycles. The van der Waals surface area contributed by atoms with Crippen molar-refractivity contribution in [2.75, 3.05) is 5.32 Å². The van der Waals surface area contributed by atoms with Crippen LogP contribution in [-0.2, 0) is 6.42 Å². The zero-order valence-corrected chi connectivity index (χ0v) is 11.5. The van der Waals surface area contributed by atoms with Crippen molar-refractivity contribution in [3.8, 4) is 11.3 Å². The molecule has 4 heteroatoms. The summed E-state index contributed by atoms with van der Waals surface area (Å²) in [4.78, 5) is 15.5. The molecule has 2 heterocycles. The van der Waals surface area contributed by atoms with Gasteiger partial charge in [0.2, 0.25) is 0 Å². The Morgan fingerprint density at radius 1 is 1.18 bits per heavy atom. The maximum atomic E-state index is 14.3. The maximum Gasteiger partial charge on any atom is 0.257 e. The number of hydrogen-bond donors (Lipinski definition) is 2. The van der Waals surface area contributed by atoms with E-state index in [0.29, 0.717) is 28.4 Å². The van der Waals surface area contributed by atoms with Crippen LogP contribution in [0.25, 0.3) is 22.0 Å². The topological polar surface area (TPSA) is 44.9 Å². The highest BCUT2D eigenvalue weighted by molar-refractivity contribution is 6.27. The number of amides is 1. The van der Waals surface area contributed by atoms with Crippen molar-refractivity contribution in [3.05, 3.63) is 53.5 Å². The molecule has 0 saturated carbocycles. The summed E-state index contributed by atoms with van der Waals surface area (Å²) in [6, 6.07) is 8.77. The van der Waals surface area contributed by atoms with Gasteiger partial charge in [0.25, 0.3) is 5.91 Å². The Balaban J connectivity index is 0.00000144. The second-order valence-corrected chi connectivity index (χ2v) is 5.19. The first-order valence-corrected chi connectivity index (χ1v) is 6.94. The Morgan fingerprint density at radius 3 is 2.68 bits per heavy atom. The van der Waals surface area contributed by atoms with Gasteiger partial charge in [-0.1, -0.05) is 14.4 Å². The smallest absolute Gasteiger partial charge is 0.257 e. The Labute approximate surface area is 128 Å². The van der Waals surface area contributed by atoms with Crippen LogP contribution in [0.1, 0.15) is 30.3 Å². The van der Waals surface area contributed by atoms with Gasteiger partial charge in [-0.3, -0.25) is 4.79 Å². The van der Waals surface area contributed by atoms with E-state index in [9.17, 15) is 9.18 Å². The van der Waals surface area contributed by atoms with E-state index in [-0.39, 0.29) is 19.2 Å². The molecule has 2 aromatic carbocycles. The van der Waals surface area contributed by atoms with Crippen LogP contribution in [0.4, 0.5) is 10.1 Å². The molecule has 0 spiro atoms. The second-order valence-electron chi connectivity index (χ2n) is 5.19. The molecule has 0 unspecified atom stereocenters. The van der Waals surface area contributed by atoms with Gasteiger partial charge in [-0.2, -0.15) is 0 Å². The highest BCUT2D eigenvalue weighted by Gasteiger charge is 2.28. The number of rotatable bonds is 2. The highest BCUT2D eigenvalue weighted by atomic mass is 19.1. The zero-order valence-electron chi connectivity index (χ0n) is 11.5. The standard InChI is InChI=1S/C17H13FN2O.CH4/c1-2-9-8-10(12-4-3-7-19-12)15-16-13(20-17(15)21)6-5-11(18)14(9)16;/h3-8,19H,2H2,1H3,(H,20,21);1H4. The minimum Gasteiger partial charge on any atom is -0.361 e. The number of aromatic nitrogens is 1. The summed E-state index contributed by atoms with van der Waals surface area (Å²) in [5.41, 5.74) is 3.85. The summed E-state index contributed by atoms with van der Waals surface area (Å²) < 4.78 is 14.3. The SMILES string of the molecule is C.CCc1cc(-c2ccc[nH]2)c2c3c(ccc(F)c13)NC2=O. The summed E-state index contributed by atoms with van der Waals surface area (Å²) in [5.74, 6) is -0.450. The molecule has 112 valence electrons. The molecule has 0 fully saturated rings. The fourth-order valence-corrected chi connectivity index (χ4v) is 3.12. The molecule has 0 radical (unpaired) electrons. The molecule has 2 N–H and O–H groups in total. The van der Waals surface area contributed by atoms with Crippen molar-refractivity contribution in [2.45, 2.75) is 20.8 Å². The van der Waals surface area contributed by atoms with Gasteiger partial charge in [-0.25, -0.2) is 4.39 Å². The van der Waals surface area contributed by atoms with Gasteiger partial charge in [0.05, 0.1) is 5.56 Å². The molecule has 0 atom stereocenters. The molecule has 1 aromatic heterocycles. The van der Waals surface area contributed by atoms with E-state index in [2.05, 4.69) is 10.3 Å². The number of benzene rings is 2. The first kappa shape index (κ1) is 14.3. The summed E-state index contributed by atoms with van der Waals surface area (Å²) in [5, 5.41) is 4.08. The third kappa shape index (κ3) is 1.77. The third-order valence-electron chi connectivity index (χ3n) is 4.06. The summed E-state index contributed by atoms with van der Waals surface area (Å²) >= 11 is 0. The number of carbonyl (C=O) groups excluding carboxylic acids is 1. The van der Waals surface area contributed by atoms with E-state index in [0.717, 1.165) is 16.8 Å². The van der Waals surface area contributed by atoms with Crippen LogP contribution >= 0.6 is 0 Å². The largest absolute Gasteiger partial charge is 0.361 e. The Bertz CT molecular complexity index is 882. The van der Waals surface area contributed by atoms with Crippen molar-refractivity contribution in [1.29, 1.82) is 0 Å². The number of halogens is 1. The molecule has 22 heavy (non-hydrogen) atoms. The Hall–Kier alpha value is -2.62. The lowest BCUT2D eigenvalue weighted by Gasteiger charge is -2.11. The van der Waals surface area contributed by atoms with E-state index < -0.39 is 0 Å². The average Bonchev–Trinajstić information content (AvgIpc) is 3.12. The number of H-pyrrole nitrogens is 1. The number of aryl methyl sites for hydroxylation is 1. The minimum atomic E-state index is -0.276. The summed E-state index contributed by atoms with van der Waals surface area (Å²) in [7, 11) is 0. The fraction of sp³-hybridized carbons (Fsp3) is 0.167. The normalized spacial score (nSPS) is 12.4. The van der Waals surface area contributed by atoms with E-state index in [4.69, 9.17) is 0 Å². The molecule has 0 saturated heterocycles. The molecule has 4 rings (SSSR count). The number of aromatic amines is 1. The quantitative estimate of drug-likeness (QED) is 0.705. The van der Waals surface area contributed by atoms with Gasteiger partial charge in [0.15, 0.2) is 0 Å². The van der Waals surface area contributed by atoms with Crippen LogP contribution in [0.2, 0.25) is 0 Å².